The lowest BCUT2D eigenvalue weighted by Crippen LogP contribution is -2.21. The second kappa shape index (κ2) is 6.51. The zero-order valence-corrected chi connectivity index (χ0v) is 15.4. The minimum atomic E-state index is -4.47. The number of allylic oxidation sites excluding steroid dienone is 1. The van der Waals surface area contributed by atoms with Gasteiger partial charge in [0.2, 0.25) is 0 Å². The first-order valence-corrected chi connectivity index (χ1v) is 8.84. The van der Waals surface area contributed by atoms with Gasteiger partial charge < -0.3 is 4.90 Å². The van der Waals surface area contributed by atoms with Crippen LogP contribution in [0.15, 0.2) is 47.3 Å². The number of benzene rings is 2. The smallest absolute Gasteiger partial charge is 0.378 e. The highest BCUT2D eigenvalue weighted by atomic mass is 19.4. The maximum absolute atomic E-state index is 13.0. The summed E-state index contributed by atoms with van der Waals surface area (Å²) in [5.74, 6) is 0.438. The molecular formula is C21H18F3N3O. The number of fused-ring (bicyclic) bond motifs is 2. The summed E-state index contributed by atoms with van der Waals surface area (Å²) >= 11 is 0. The van der Waals surface area contributed by atoms with Crippen molar-refractivity contribution in [3.8, 4) is 0 Å². The van der Waals surface area contributed by atoms with Gasteiger partial charge in [-0.25, -0.2) is 4.98 Å². The fraction of sp³-hybridized carbons (Fsp3) is 0.238. The predicted molar refractivity (Wildman–Crippen MR) is 104 cm³/mol. The van der Waals surface area contributed by atoms with Crippen molar-refractivity contribution in [2.75, 3.05) is 19.0 Å². The van der Waals surface area contributed by atoms with E-state index < -0.39 is 11.7 Å². The fourth-order valence-electron chi connectivity index (χ4n) is 3.40. The van der Waals surface area contributed by atoms with E-state index in [9.17, 15) is 18.0 Å². The summed E-state index contributed by atoms with van der Waals surface area (Å²) < 4.78 is 40.6. The third-order valence-electron chi connectivity index (χ3n) is 4.92. The number of aromatic nitrogens is 2. The molecular weight excluding hydrogens is 367 g/mol. The molecule has 28 heavy (non-hydrogen) atoms. The Bertz CT molecular complexity index is 1140. The number of hydrogen-bond donors (Lipinski definition) is 0. The van der Waals surface area contributed by atoms with Crippen LogP contribution in [-0.4, -0.2) is 23.6 Å². The van der Waals surface area contributed by atoms with E-state index in [1.54, 1.807) is 0 Å². The van der Waals surface area contributed by atoms with Gasteiger partial charge in [0.1, 0.15) is 5.82 Å². The minimum absolute atomic E-state index is 0.0711. The zero-order chi connectivity index (χ0) is 20.1. The van der Waals surface area contributed by atoms with Crippen LogP contribution in [0.25, 0.3) is 22.6 Å². The molecule has 0 aliphatic carbocycles. The van der Waals surface area contributed by atoms with Crippen LogP contribution in [0, 0.1) is 0 Å². The van der Waals surface area contributed by atoms with E-state index in [-0.39, 0.29) is 16.5 Å². The van der Waals surface area contributed by atoms with E-state index in [0.717, 1.165) is 29.0 Å². The second-order valence-electron chi connectivity index (χ2n) is 7.03. The quantitative estimate of drug-likeness (QED) is 0.655. The van der Waals surface area contributed by atoms with E-state index in [1.165, 1.54) is 10.6 Å². The average molecular weight is 385 g/mol. The van der Waals surface area contributed by atoms with Crippen molar-refractivity contribution in [2.24, 2.45) is 0 Å². The van der Waals surface area contributed by atoms with Gasteiger partial charge in [-0.2, -0.15) is 13.2 Å². The largest absolute Gasteiger partial charge is 0.416 e. The van der Waals surface area contributed by atoms with E-state index in [1.807, 2.05) is 49.3 Å². The third kappa shape index (κ3) is 3.17. The standard InChI is InChI=1S/C21H18F3N3O/c1-26(2)16-6-3-13(4-7-16)11-14-9-10-27-19(14)25-18-12-15(21(22,23)24)5-8-17(18)20(27)28/h3-8,11-12H,9-10H2,1-2H3/b14-11+. The van der Waals surface area contributed by atoms with Crippen LogP contribution in [0.2, 0.25) is 0 Å². The topological polar surface area (TPSA) is 38.1 Å². The molecule has 0 saturated heterocycles. The number of nitrogens with zero attached hydrogens (tertiary/aromatic N) is 3. The SMILES string of the molecule is CN(C)c1ccc(/C=C2\CCn3c2nc2cc(C(F)(F)F)ccc2c3=O)cc1. The van der Waals surface area contributed by atoms with Crippen LogP contribution in [0.5, 0.6) is 0 Å². The minimum Gasteiger partial charge on any atom is -0.378 e. The molecule has 0 spiro atoms. The molecule has 7 heteroatoms. The van der Waals surface area contributed by atoms with Crippen LogP contribution in [0.4, 0.5) is 18.9 Å². The Morgan fingerprint density at radius 3 is 2.46 bits per heavy atom. The highest BCUT2D eigenvalue weighted by Gasteiger charge is 2.31. The number of halogens is 3. The lowest BCUT2D eigenvalue weighted by molar-refractivity contribution is -0.137. The third-order valence-corrected chi connectivity index (χ3v) is 4.92. The molecule has 2 aromatic carbocycles. The number of rotatable bonds is 2. The Kier molecular flexibility index (Phi) is 4.25. The van der Waals surface area contributed by atoms with Gasteiger partial charge in [-0.1, -0.05) is 12.1 Å². The van der Waals surface area contributed by atoms with Crippen molar-refractivity contribution in [3.05, 3.63) is 69.8 Å². The highest BCUT2D eigenvalue weighted by molar-refractivity contribution is 5.85. The first kappa shape index (κ1) is 18.3. The van der Waals surface area contributed by atoms with Gasteiger partial charge in [-0.15, -0.1) is 0 Å². The summed E-state index contributed by atoms with van der Waals surface area (Å²) in [5.41, 5.74) is 1.82. The van der Waals surface area contributed by atoms with E-state index in [0.29, 0.717) is 18.8 Å². The summed E-state index contributed by atoms with van der Waals surface area (Å²) in [5, 5.41) is 0.202. The molecule has 1 aliphatic rings. The van der Waals surface area contributed by atoms with Crippen LogP contribution in [0.3, 0.4) is 0 Å². The van der Waals surface area contributed by atoms with Crippen molar-refractivity contribution >= 4 is 28.2 Å². The summed E-state index contributed by atoms with van der Waals surface area (Å²) in [7, 11) is 3.91. The van der Waals surface area contributed by atoms with E-state index >= 15 is 0 Å². The van der Waals surface area contributed by atoms with E-state index in [2.05, 4.69) is 4.98 Å². The first-order chi connectivity index (χ1) is 13.2. The van der Waals surface area contributed by atoms with Crippen LogP contribution < -0.4 is 10.5 Å². The molecule has 1 aromatic heterocycles. The Hall–Kier alpha value is -3.09. The lowest BCUT2D eigenvalue weighted by Gasteiger charge is -2.12. The second-order valence-corrected chi connectivity index (χ2v) is 7.03. The zero-order valence-electron chi connectivity index (χ0n) is 15.4. The van der Waals surface area contributed by atoms with Gasteiger partial charge in [0.25, 0.3) is 5.56 Å². The monoisotopic (exact) mass is 385 g/mol. The normalized spacial score (nSPS) is 15.2. The molecule has 0 saturated carbocycles. The fourth-order valence-corrected chi connectivity index (χ4v) is 3.40. The Labute approximate surface area is 159 Å². The number of alkyl halides is 3. The molecule has 0 fully saturated rings. The molecule has 3 aromatic rings. The van der Waals surface area contributed by atoms with E-state index in [4.69, 9.17) is 0 Å². The molecule has 2 heterocycles. The molecule has 0 atom stereocenters. The molecule has 144 valence electrons. The molecule has 0 bridgehead atoms. The molecule has 0 N–H and O–H groups in total. The van der Waals surface area contributed by atoms with Crippen LogP contribution in [0.1, 0.15) is 23.4 Å². The summed E-state index contributed by atoms with van der Waals surface area (Å²) in [6.07, 6.45) is -1.93. The summed E-state index contributed by atoms with van der Waals surface area (Å²) in [6.45, 7) is 0.472. The molecule has 0 unspecified atom stereocenters. The average Bonchev–Trinajstić information content (AvgIpc) is 3.04. The molecule has 1 aliphatic heterocycles. The Balaban J connectivity index is 1.81. The van der Waals surface area contributed by atoms with Crippen LogP contribution >= 0.6 is 0 Å². The van der Waals surface area contributed by atoms with Gasteiger partial charge in [0.05, 0.1) is 16.5 Å². The van der Waals surface area contributed by atoms with Crippen molar-refractivity contribution < 1.29 is 13.2 Å². The van der Waals surface area contributed by atoms with Gasteiger partial charge >= 0.3 is 6.18 Å². The van der Waals surface area contributed by atoms with Crippen LogP contribution in [-0.2, 0) is 12.7 Å². The maximum atomic E-state index is 13.0. The van der Waals surface area contributed by atoms with Crippen molar-refractivity contribution in [3.63, 3.8) is 0 Å². The maximum Gasteiger partial charge on any atom is 0.416 e. The number of hydrogen-bond acceptors (Lipinski definition) is 3. The molecule has 0 amide bonds. The lowest BCUT2D eigenvalue weighted by atomic mass is 10.1. The summed E-state index contributed by atoms with van der Waals surface area (Å²) in [6, 6.07) is 11.0. The van der Waals surface area contributed by atoms with Gasteiger partial charge in [0.15, 0.2) is 0 Å². The number of anilines is 1. The summed E-state index contributed by atoms with van der Waals surface area (Å²) in [4.78, 5) is 19.1. The van der Waals surface area contributed by atoms with Crippen molar-refractivity contribution in [1.29, 1.82) is 0 Å². The molecule has 4 rings (SSSR count). The van der Waals surface area contributed by atoms with Crippen molar-refractivity contribution in [1.82, 2.24) is 9.55 Å². The molecule has 4 nitrogen and oxygen atoms in total. The Morgan fingerprint density at radius 1 is 1.11 bits per heavy atom. The first-order valence-electron chi connectivity index (χ1n) is 8.84. The van der Waals surface area contributed by atoms with Gasteiger partial charge in [0, 0.05) is 26.3 Å². The Morgan fingerprint density at radius 2 is 1.82 bits per heavy atom. The van der Waals surface area contributed by atoms with Crippen molar-refractivity contribution in [2.45, 2.75) is 19.1 Å². The highest BCUT2D eigenvalue weighted by Crippen LogP contribution is 2.32. The van der Waals surface area contributed by atoms with Gasteiger partial charge in [-0.3, -0.25) is 9.36 Å². The predicted octanol–water partition coefficient (Wildman–Crippen LogP) is 4.43. The molecule has 0 radical (unpaired) electrons. The van der Waals surface area contributed by atoms with Gasteiger partial charge in [-0.05, 0) is 54.0 Å².